The van der Waals surface area contributed by atoms with Crippen molar-refractivity contribution in [3.05, 3.63) is 73.0 Å². The minimum atomic E-state index is 0.534. The van der Waals surface area contributed by atoms with Gasteiger partial charge in [-0.15, -0.1) is 0 Å². The number of hydrogen-bond donors (Lipinski definition) is 0. The van der Waals surface area contributed by atoms with Crippen LogP contribution in [-0.2, 0) is 16.1 Å². The van der Waals surface area contributed by atoms with Crippen molar-refractivity contribution in [3.8, 4) is 0 Å². The maximum atomic E-state index is 5.77. The highest BCUT2D eigenvalue weighted by atomic mass is 16.5. The SMILES string of the molecule is C=COCCOCc1c2ccccc2cc2ccccc12. The van der Waals surface area contributed by atoms with Gasteiger partial charge < -0.3 is 9.47 Å². The van der Waals surface area contributed by atoms with Crippen LogP contribution in [0.15, 0.2) is 67.4 Å². The lowest BCUT2D eigenvalue weighted by Gasteiger charge is -2.12. The zero-order chi connectivity index (χ0) is 14.5. The zero-order valence-electron chi connectivity index (χ0n) is 11.9. The molecule has 0 aliphatic heterocycles. The van der Waals surface area contributed by atoms with E-state index in [1.807, 2.05) is 0 Å². The quantitative estimate of drug-likeness (QED) is 0.370. The third kappa shape index (κ3) is 2.91. The highest BCUT2D eigenvalue weighted by Crippen LogP contribution is 2.28. The van der Waals surface area contributed by atoms with Crippen molar-refractivity contribution < 1.29 is 9.47 Å². The fourth-order valence-corrected chi connectivity index (χ4v) is 2.63. The van der Waals surface area contributed by atoms with Crippen LogP contribution in [0.5, 0.6) is 0 Å². The van der Waals surface area contributed by atoms with Gasteiger partial charge in [0.05, 0.1) is 19.5 Å². The molecule has 0 bridgehead atoms. The van der Waals surface area contributed by atoms with Gasteiger partial charge in [-0.05, 0) is 33.2 Å². The van der Waals surface area contributed by atoms with E-state index < -0.39 is 0 Å². The van der Waals surface area contributed by atoms with Gasteiger partial charge in [-0.25, -0.2) is 0 Å². The number of fused-ring (bicyclic) bond motifs is 2. The summed E-state index contributed by atoms with van der Waals surface area (Å²) in [5.74, 6) is 0. The molecule has 2 heteroatoms. The smallest absolute Gasteiger partial charge is 0.111 e. The Bertz CT molecular complexity index is 708. The van der Waals surface area contributed by atoms with Gasteiger partial charge in [0.15, 0.2) is 0 Å². The molecule has 3 aromatic rings. The summed E-state index contributed by atoms with van der Waals surface area (Å²) in [6.07, 6.45) is 1.44. The molecule has 3 rings (SSSR count). The van der Waals surface area contributed by atoms with E-state index in [-0.39, 0.29) is 0 Å². The van der Waals surface area contributed by atoms with Gasteiger partial charge in [0, 0.05) is 0 Å². The molecule has 0 atom stereocenters. The molecule has 0 N–H and O–H groups in total. The van der Waals surface area contributed by atoms with Gasteiger partial charge in [0.1, 0.15) is 6.61 Å². The molecular weight excluding hydrogens is 260 g/mol. The highest BCUT2D eigenvalue weighted by molar-refractivity contribution is 6.02. The molecule has 0 radical (unpaired) electrons. The predicted molar refractivity (Wildman–Crippen MR) is 87.3 cm³/mol. The van der Waals surface area contributed by atoms with E-state index in [0.717, 1.165) is 0 Å². The van der Waals surface area contributed by atoms with Gasteiger partial charge in [-0.1, -0.05) is 55.1 Å². The summed E-state index contributed by atoms with van der Waals surface area (Å²) in [5.41, 5.74) is 1.24. The van der Waals surface area contributed by atoms with Crippen LogP contribution in [0.1, 0.15) is 5.56 Å². The summed E-state index contributed by atoms with van der Waals surface area (Å²) in [5, 5.41) is 5.00. The minimum absolute atomic E-state index is 0.534. The van der Waals surface area contributed by atoms with Crippen LogP contribution in [0, 0.1) is 0 Å². The van der Waals surface area contributed by atoms with Gasteiger partial charge in [0.25, 0.3) is 0 Å². The summed E-state index contributed by atoms with van der Waals surface area (Å²) >= 11 is 0. The molecule has 0 amide bonds. The van der Waals surface area contributed by atoms with Crippen molar-refractivity contribution in [2.45, 2.75) is 6.61 Å². The maximum Gasteiger partial charge on any atom is 0.111 e. The van der Waals surface area contributed by atoms with Crippen LogP contribution in [0.4, 0.5) is 0 Å². The Morgan fingerprint density at radius 2 is 1.48 bits per heavy atom. The summed E-state index contributed by atoms with van der Waals surface area (Å²) in [7, 11) is 0. The van der Waals surface area contributed by atoms with E-state index in [0.29, 0.717) is 19.8 Å². The molecule has 21 heavy (non-hydrogen) atoms. The Kier molecular flexibility index (Phi) is 4.17. The molecule has 0 fully saturated rings. The lowest BCUT2D eigenvalue weighted by Crippen LogP contribution is -2.02. The Hall–Kier alpha value is -2.32. The van der Waals surface area contributed by atoms with E-state index in [9.17, 15) is 0 Å². The average Bonchev–Trinajstić information content (AvgIpc) is 2.53. The zero-order valence-corrected chi connectivity index (χ0v) is 11.9. The first-order valence-corrected chi connectivity index (χ1v) is 7.10. The minimum Gasteiger partial charge on any atom is -0.499 e. The second-order valence-electron chi connectivity index (χ2n) is 4.89. The topological polar surface area (TPSA) is 18.5 Å². The van der Waals surface area contributed by atoms with Crippen LogP contribution in [0.25, 0.3) is 21.5 Å². The van der Waals surface area contributed by atoms with Crippen molar-refractivity contribution in [2.24, 2.45) is 0 Å². The molecule has 0 aliphatic rings. The van der Waals surface area contributed by atoms with Crippen LogP contribution in [0.2, 0.25) is 0 Å². The van der Waals surface area contributed by atoms with E-state index >= 15 is 0 Å². The molecule has 0 saturated carbocycles. The van der Waals surface area contributed by atoms with Gasteiger partial charge >= 0.3 is 0 Å². The van der Waals surface area contributed by atoms with E-state index in [1.165, 1.54) is 33.4 Å². The molecule has 0 unspecified atom stereocenters. The molecule has 0 aliphatic carbocycles. The van der Waals surface area contributed by atoms with Crippen LogP contribution in [-0.4, -0.2) is 13.2 Å². The average molecular weight is 278 g/mol. The summed E-state index contributed by atoms with van der Waals surface area (Å²) in [4.78, 5) is 0. The van der Waals surface area contributed by atoms with Crippen LogP contribution in [0.3, 0.4) is 0 Å². The predicted octanol–water partition coefficient (Wildman–Crippen LogP) is 4.67. The van der Waals surface area contributed by atoms with Crippen molar-refractivity contribution in [2.75, 3.05) is 13.2 Å². The molecule has 0 saturated heterocycles. The van der Waals surface area contributed by atoms with Gasteiger partial charge in [-0.3, -0.25) is 0 Å². The summed E-state index contributed by atoms with van der Waals surface area (Å²) < 4.78 is 10.9. The Morgan fingerprint density at radius 3 is 2.10 bits per heavy atom. The first-order valence-electron chi connectivity index (χ1n) is 7.10. The number of ether oxygens (including phenoxy) is 2. The Labute approximate surface area is 124 Å². The summed E-state index contributed by atoms with van der Waals surface area (Å²) in [6.45, 7) is 5.20. The van der Waals surface area contributed by atoms with Crippen LogP contribution < -0.4 is 0 Å². The second-order valence-corrected chi connectivity index (χ2v) is 4.89. The number of hydrogen-bond acceptors (Lipinski definition) is 2. The molecule has 0 aromatic heterocycles. The lowest BCUT2D eigenvalue weighted by molar-refractivity contribution is 0.0761. The van der Waals surface area contributed by atoms with Gasteiger partial charge in [0.2, 0.25) is 0 Å². The van der Waals surface area contributed by atoms with E-state index in [1.54, 1.807) is 0 Å². The van der Waals surface area contributed by atoms with E-state index in [2.05, 4.69) is 61.2 Å². The molecule has 106 valence electrons. The first kappa shape index (κ1) is 13.7. The highest BCUT2D eigenvalue weighted by Gasteiger charge is 2.07. The fraction of sp³-hybridized carbons (Fsp3) is 0.158. The number of rotatable bonds is 6. The Balaban J connectivity index is 1.97. The fourth-order valence-electron chi connectivity index (χ4n) is 2.63. The first-order chi connectivity index (χ1) is 10.4. The summed E-state index contributed by atoms with van der Waals surface area (Å²) in [6, 6.07) is 19.1. The third-order valence-electron chi connectivity index (χ3n) is 3.59. The largest absolute Gasteiger partial charge is 0.499 e. The molecule has 3 aromatic carbocycles. The molecule has 0 spiro atoms. The van der Waals surface area contributed by atoms with Crippen molar-refractivity contribution in [1.29, 1.82) is 0 Å². The number of benzene rings is 3. The van der Waals surface area contributed by atoms with Crippen molar-refractivity contribution in [1.82, 2.24) is 0 Å². The van der Waals surface area contributed by atoms with Gasteiger partial charge in [-0.2, -0.15) is 0 Å². The third-order valence-corrected chi connectivity index (χ3v) is 3.59. The van der Waals surface area contributed by atoms with Crippen LogP contribution >= 0.6 is 0 Å². The Morgan fingerprint density at radius 1 is 0.857 bits per heavy atom. The van der Waals surface area contributed by atoms with Crippen molar-refractivity contribution >= 4 is 21.5 Å². The van der Waals surface area contributed by atoms with E-state index in [4.69, 9.17) is 9.47 Å². The second kappa shape index (κ2) is 6.42. The standard InChI is InChI=1S/C19H18O2/c1-2-20-11-12-21-14-19-17-9-5-3-7-15(17)13-16-8-4-6-10-18(16)19/h2-10,13H,1,11-12,14H2. The molecular formula is C19H18O2. The normalized spacial score (nSPS) is 10.9. The maximum absolute atomic E-state index is 5.77. The monoisotopic (exact) mass is 278 g/mol. The van der Waals surface area contributed by atoms with Crippen molar-refractivity contribution in [3.63, 3.8) is 0 Å². The molecule has 0 heterocycles. The molecule has 2 nitrogen and oxygen atoms in total. The lowest BCUT2D eigenvalue weighted by atomic mass is 9.97.